The maximum atomic E-state index is 14.6. The Morgan fingerprint density at radius 2 is 1.48 bits per heavy atom. The van der Waals surface area contributed by atoms with Crippen LogP contribution in [0.15, 0.2) is 73.6 Å². The Labute approximate surface area is 190 Å². The summed E-state index contributed by atoms with van der Waals surface area (Å²) in [5, 5.41) is 1.11. The van der Waals surface area contributed by atoms with Crippen molar-refractivity contribution in [2.75, 3.05) is 0 Å². The van der Waals surface area contributed by atoms with Crippen molar-refractivity contribution in [3.05, 3.63) is 119 Å². The van der Waals surface area contributed by atoms with Crippen molar-refractivity contribution in [2.45, 2.75) is 25.7 Å². The molecule has 0 saturated heterocycles. The minimum Gasteiger partial charge on any atom is -0.241 e. The summed E-state index contributed by atoms with van der Waals surface area (Å²) in [6, 6.07) is 12.2. The summed E-state index contributed by atoms with van der Waals surface area (Å²) in [4.78, 5) is 8.75. The monoisotopic (exact) mass is 442 g/mol. The lowest BCUT2D eigenvalue weighted by atomic mass is 10.0. The van der Waals surface area contributed by atoms with E-state index in [0.29, 0.717) is 35.0 Å². The van der Waals surface area contributed by atoms with Gasteiger partial charge in [-0.05, 0) is 77.6 Å². The van der Waals surface area contributed by atoms with Crippen LogP contribution in [-0.2, 0) is 19.3 Å². The molecule has 5 heteroatoms. The molecule has 0 amide bonds. The van der Waals surface area contributed by atoms with Gasteiger partial charge in [-0.1, -0.05) is 30.0 Å². The first kappa shape index (κ1) is 22.3. The molecule has 33 heavy (non-hydrogen) atoms. The van der Waals surface area contributed by atoms with E-state index in [9.17, 15) is 13.2 Å². The molecule has 0 spiro atoms. The van der Waals surface area contributed by atoms with Gasteiger partial charge in [0.15, 0.2) is 11.6 Å². The van der Waals surface area contributed by atoms with Gasteiger partial charge in [-0.15, -0.1) is 6.58 Å². The molecule has 0 aliphatic rings. The first-order chi connectivity index (χ1) is 16.0. The van der Waals surface area contributed by atoms with E-state index in [2.05, 4.69) is 28.4 Å². The quantitative estimate of drug-likeness (QED) is 0.257. The zero-order valence-electron chi connectivity index (χ0n) is 17.9. The molecule has 4 aromatic rings. The van der Waals surface area contributed by atoms with Crippen LogP contribution in [0.25, 0.3) is 10.8 Å². The Hall–Kier alpha value is -3.91. The summed E-state index contributed by atoms with van der Waals surface area (Å²) < 4.78 is 41.4. The maximum absolute atomic E-state index is 14.6. The fourth-order valence-corrected chi connectivity index (χ4v) is 3.44. The van der Waals surface area contributed by atoms with Crippen LogP contribution in [0, 0.1) is 29.3 Å². The Kier molecular flexibility index (Phi) is 6.85. The minimum atomic E-state index is -0.914. The number of rotatable bonds is 6. The van der Waals surface area contributed by atoms with Crippen LogP contribution in [0.3, 0.4) is 0 Å². The van der Waals surface area contributed by atoms with Crippen molar-refractivity contribution in [3.63, 3.8) is 0 Å². The molecule has 0 bridgehead atoms. The number of aryl methyl sites for hydroxylation is 3. The normalized spacial score (nSPS) is 10.6. The zero-order valence-corrected chi connectivity index (χ0v) is 17.9. The average Bonchev–Trinajstić information content (AvgIpc) is 2.82. The van der Waals surface area contributed by atoms with E-state index in [4.69, 9.17) is 0 Å². The topological polar surface area (TPSA) is 25.8 Å². The summed E-state index contributed by atoms with van der Waals surface area (Å²) >= 11 is 0. The highest BCUT2D eigenvalue weighted by atomic mass is 19.2. The third kappa shape index (κ3) is 5.67. The second-order valence-corrected chi connectivity index (χ2v) is 7.73. The van der Waals surface area contributed by atoms with Gasteiger partial charge >= 0.3 is 0 Å². The van der Waals surface area contributed by atoms with Crippen LogP contribution in [0.5, 0.6) is 0 Å². The predicted octanol–water partition coefficient (Wildman–Crippen LogP) is 6.35. The van der Waals surface area contributed by atoms with Gasteiger partial charge < -0.3 is 0 Å². The third-order valence-corrected chi connectivity index (χ3v) is 5.29. The first-order valence-corrected chi connectivity index (χ1v) is 10.6. The lowest BCUT2D eigenvalue weighted by Crippen LogP contribution is -2.00. The lowest BCUT2D eigenvalue weighted by molar-refractivity contribution is 0.511. The van der Waals surface area contributed by atoms with Gasteiger partial charge in [-0.3, -0.25) is 0 Å². The summed E-state index contributed by atoms with van der Waals surface area (Å²) in [6.45, 7) is 3.71. The Balaban J connectivity index is 1.43. The largest absolute Gasteiger partial charge is 0.241 e. The summed E-state index contributed by atoms with van der Waals surface area (Å²) in [5.74, 6) is 4.21. The number of halogens is 3. The molecule has 0 aliphatic carbocycles. The molecular weight excluding hydrogens is 421 g/mol. The molecule has 1 heterocycles. The van der Waals surface area contributed by atoms with Crippen molar-refractivity contribution in [3.8, 4) is 11.8 Å². The van der Waals surface area contributed by atoms with Crippen molar-refractivity contribution in [2.24, 2.45) is 0 Å². The molecular formula is C28H21F3N2. The molecule has 0 N–H and O–H groups in total. The molecule has 0 aliphatic heterocycles. The van der Waals surface area contributed by atoms with Crippen molar-refractivity contribution >= 4 is 10.8 Å². The van der Waals surface area contributed by atoms with Gasteiger partial charge in [0.25, 0.3) is 0 Å². The molecule has 3 aromatic carbocycles. The van der Waals surface area contributed by atoms with E-state index in [1.54, 1.807) is 24.3 Å². The lowest BCUT2D eigenvalue weighted by Gasteiger charge is -2.04. The molecule has 2 nitrogen and oxygen atoms in total. The zero-order chi connectivity index (χ0) is 23.2. The fourth-order valence-electron chi connectivity index (χ4n) is 3.44. The summed E-state index contributed by atoms with van der Waals surface area (Å²) in [6.07, 6.45) is 8.49. The molecule has 0 saturated carbocycles. The van der Waals surface area contributed by atoms with E-state index < -0.39 is 17.5 Å². The van der Waals surface area contributed by atoms with Gasteiger partial charge in [0.05, 0.1) is 5.56 Å². The van der Waals surface area contributed by atoms with Gasteiger partial charge in [-0.2, -0.15) is 0 Å². The van der Waals surface area contributed by atoms with Gasteiger partial charge in [0, 0.05) is 24.4 Å². The fraction of sp³-hybridized carbons (Fsp3) is 0.143. The molecule has 0 radical (unpaired) electrons. The smallest absolute Gasteiger partial charge is 0.159 e. The van der Waals surface area contributed by atoms with E-state index in [1.165, 1.54) is 6.07 Å². The molecule has 0 fully saturated rings. The van der Waals surface area contributed by atoms with E-state index >= 15 is 0 Å². The van der Waals surface area contributed by atoms with Crippen LogP contribution in [0.1, 0.15) is 34.5 Å². The predicted molar refractivity (Wildman–Crippen MR) is 124 cm³/mol. The van der Waals surface area contributed by atoms with Crippen molar-refractivity contribution in [1.29, 1.82) is 0 Å². The number of aromatic nitrogens is 2. The summed E-state index contributed by atoms with van der Waals surface area (Å²) in [7, 11) is 0. The van der Waals surface area contributed by atoms with Crippen LogP contribution < -0.4 is 0 Å². The number of hydrogen-bond acceptors (Lipinski definition) is 2. The van der Waals surface area contributed by atoms with Crippen molar-refractivity contribution < 1.29 is 13.2 Å². The van der Waals surface area contributed by atoms with Crippen molar-refractivity contribution in [1.82, 2.24) is 9.97 Å². The summed E-state index contributed by atoms with van der Waals surface area (Å²) in [5.41, 5.74) is 2.76. The van der Waals surface area contributed by atoms with Crippen LogP contribution in [0.2, 0.25) is 0 Å². The minimum absolute atomic E-state index is 0.270. The number of benzene rings is 3. The molecule has 1 aromatic heterocycles. The number of nitrogens with zero attached hydrogens (tertiary/aromatic N) is 2. The van der Waals surface area contributed by atoms with E-state index in [0.717, 1.165) is 36.1 Å². The SMILES string of the molecule is C=CCCc1cnc(CCc2ccc(C#Cc3ccc4cc(F)c(F)cc4c3)c(F)c2)nc1. The highest BCUT2D eigenvalue weighted by molar-refractivity contribution is 5.84. The Morgan fingerprint density at radius 1 is 0.727 bits per heavy atom. The van der Waals surface area contributed by atoms with Gasteiger partial charge in [0.1, 0.15) is 11.6 Å². The van der Waals surface area contributed by atoms with E-state index in [1.807, 2.05) is 24.5 Å². The first-order valence-electron chi connectivity index (χ1n) is 10.6. The molecule has 0 atom stereocenters. The Morgan fingerprint density at radius 3 is 2.21 bits per heavy atom. The van der Waals surface area contributed by atoms with E-state index in [-0.39, 0.29) is 5.56 Å². The highest BCUT2D eigenvalue weighted by Gasteiger charge is 2.06. The van der Waals surface area contributed by atoms with Crippen LogP contribution >= 0.6 is 0 Å². The van der Waals surface area contributed by atoms with Crippen LogP contribution in [0.4, 0.5) is 13.2 Å². The second-order valence-electron chi connectivity index (χ2n) is 7.73. The highest BCUT2D eigenvalue weighted by Crippen LogP contribution is 2.20. The van der Waals surface area contributed by atoms with Crippen LogP contribution in [-0.4, -0.2) is 9.97 Å². The Bertz CT molecular complexity index is 1370. The standard InChI is InChI=1S/C28H21F3N2/c1-2-3-4-21-17-32-28(33-18-21)12-8-20-6-10-22(25(29)14-20)9-5-19-7-11-23-15-26(30)27(31)16-24(23)13-19/h2,6-7,10-11,13-18H,1,3-4,8,12H2. The number of hydrogen-bond donors (Lipinski definition) is 0. The molecule has 0 unspecified atom stereocenters. The number of allylic oxidation sites excluding steroid dienone is 1. The second kappa shape index (κ2) is 10.1. The molecule has 164 valence electrons. The third-order valence-electron chi connectivity index (χ3n) is 5.29. The maximum Gasteiger partial charge on any atom is 0.159 e. The molecule has 4 rings (SSSR count). The van der Waals surface area contributed by atoms with Gasteiger partial charge in [0.2, 0.25) is 0 Å². The van der Waals surface area contributed by atoms with Gasteiger partial charge in [-0.25, -0.2) is 23.1 Å². The number of fused-ring (bicyclic) bond motifs is 1. The average molecular weight is 442 g/mol.